The Kier molecular flexibility index (Phi) is 4.01. The van der Waals surface area contributed by atoms with E-state index >= 15 is 0 Å². The minimum atomic E-state index is -0.606. The van der Waals surface area contributed by atoms with E-state index in [0.717, 1.165) is 24.8 Å². The van der Waals surface area contributed by atoms with Crippen molar-refractivity contribution in [3.63, 3.8) is 0 Å². The van der Waals surface area contributed by atoms with E-state index in [0.29, 0.717) is 30.3 Å². The number of rotatable bonds is 4. The number of aromatic amines is 1. The average Bonchev–Trinajstić information content (AvgIpc) is 3.04. The van der Waals surface area contributed by atoms with Gasteiger partial charge in [0.05, 0.1) is 24.3 Å². The van der Waals surface area contributed by atoms with Crippen LogP contribution < -0.4 is 4.74 Å². The maximum Gasteiger partial charge on any atom is 0.223 e. The van der Waals surface area contributed by atoms with Crippen LogP contribution in [0.3, 0.4) is 0 Å². The summed E-state index contributed by atoms with van der Waals surface area (Å²) in [5.41, 5.74) is 0.742. The molecule has 29 heavy (non-hydrogen) atoms. The normalized spacial score (nSPS) is 34.0. The molecule has 0 aromatic carbocycles. The van der Waals surface area contributed by atoms with Crippen LogP contribution in [0.25, 0.3) is 11.0 Å². The summed E-state index contributed by atoms with van der Waals surface area (Å²) in [5.74, 6) is -0.402. The number of piperidine rings is 2. The Labute approximate surface area is 169 Å². The van der Waals surface area contributed by atoms with E-state index in [1.807, 2.05) is 11.8 Å². The summed E-state index contributed by atoms with van der Waals surface area (Å²) in [4.78, 5) is 22.6. The van der Waals surface area contributed by atoms with E-state index in [1.54, 1.807) is 6.20 Å². The number of fused-ring (bicyclic) bond motifs is 1. The Morgan fingerprint density at radius 2 is 2.10 bits per heavy atom. The first-order chi connectivity index (χ1) is 13.7. The fourth-order valence-electron chi connectivity index (χ4n) is 6.58. The molecule has 4 aliphatic rings. The minimum absolute atomic E-state index is 0.100. The number of aromatic nitrogens is 2. The number of pyridine rings is 1. The highest BCUT2D eigenvalue weighted by atomic mass is 19.1. The summed E-state index contributed by atoms with van der Waals surface area (Å²) in [6.07, 6.45) is 7.57. The molecule has 156 valence electrons. The number of amides is 1. The summed E-state index contributed by atoms with van der Waals surface area (Å²) in [7, 11) is 1.42. The van der Waals surface area contributed by atoms with Gasteiger partial charge < -0.3 is 19.7 Å². The molecule has 4 heterocycles. The number of nitrogens with zero attached hydrogens (tertiary/aromatic N) is 2. The molecule has 2 aromatic heterocycles. The Bertz CT molecular complexity index is 951. The van der Waals surface area contributed by atoms with Gasteiger partial charge in [0, 0.05) is 24.7 Å². The van der Waals surface area contributed by atoms with Crippen LogP contribution >= 0.6 is 0 Å². The molecule has 2 aromatic rings. The second-order valence-corrected chi connectivity index (χ2v) is 9.85. The summed E-state index contributed by atoms with van der Waals surface area (Å²) in [5, 5.41) is 11.3. The monoisotopic (exact) mass is 401 g/mol. The van der Waals surface area contributed by atoms with Crippen molar-refractivity contribution in [3.05, 3.63) is 23.8 Å². The molecule has 2 aliphatic carbocycles. The van der Waals surface area contributed by atoms with E-state index < -0.39 is 11.4 Å². The van der Waals surface area contributed by atoms with Crippen LogP contribution in [0.4, 0.5) is 4.39 Å². The molecule has 2 saturated heterocycles. The molecule has 6 rings (SSSR count). The number of hydrogen-bond acceptors (Lipinski definition) is 4. The van der Waals surface area contributed by atoms with Crippen LogP contribution in [0.15, 0.2) is 12.4 Å². The molecule has 6 nitrogen and oxygen atoms in total. The van der Waals surface area contributed by atoms with E-state index in [9.17, 15) is 14.3 Å². The van der Waals surface area contributed by atoms with Crippen molar-refractivity contribution in [3.8, 4) is 5.75 Å². The minimum Gasteiger partial charge on any atom is -0.492 e. The smallest absolute Gasteiger partial charge is 0.223 e. The Morgan fingerprint density at radius 3 is 2.72 bits per heavy atom. The number of carbonyl (C=O) groups is 1. The van der Waals surface area contributed by atoms with Gasteiger partial charge in [-0.25, -0.2) is 9.37 Å². The zero-order valence-electron chi connectivity index (χ0n) is 17.2. The lowest BCUT2D eigenvalue weighted by molar-refractivity contribution is -0.193. The second kappa shape index (κ2) is 6.17. The lowest BCUT2D eigenvalue weighted by Crippen LogP contribution is -2.68. The highest BCUT2D eigenvalue weighted by Crippen LogP contribution is 2.57. The van der Waals surface area contributed by atoms with Gasteiger partial charge >= 0.3 is 0 Å². The largest absolute Gasteiger partial charge is 0.492 e. The van der Waals surface area contributed by atoms with Gasteiger partial charge in [-0.1, -0.05) is 13.8 Å². The molecule has 2 aliphatic heterocycles. The third-order valence-corrected chi connectivity index (χ3v) is 7.39. The van der Waals surface area contributed by atoms with Gasteiger partial charge in [-0.15, -0.1) is 0 Å². The zero-order chi connectivity index (χ0) is 20.6. The SMILES string of the molecule is COc1cnc2[nH]cc(C(C)CC(=O)N3C4CC5(C)CC3CC(O)(C4)C5)c2c1F. The number of carbonyl (C=O) groups excluding carboxylic acids is 1. The van der Waals surface area contributed by atoms with Gasteiger partial charge in [0.25, 0.3) is 0 Å². The molecule has 7 heteroatoms. The van der Waals surface area contributed by atoms with E-state index in [4.69, 9.17) is 4.74 Å². The van der Waals surface area contributed by atoms with Crippen LogP contribution in [-0.4, -0.2) is 50.7 Å². The average molecular weight is 401 g/mol. The quantitative estimate of drug-likeness (QED) is 0.822. The molecule has 2 saturated carbocycles. The van der Waals surface area contributed by atoms with E-state index in [1.165, 1.54) is 13.3 Å². The van der Waals surface area contributed by atoms with Crippen LogP contribution in [-0.2, 0) is 4.79 Å². The molecular formula is C22H28FN3O3. The number of aliphatic hydroxyl groups is 1. The van der Waals surface area contributed by atoms with E-state index in [-0.39, 0.29) is 35.1 Å². The van der Waals surface area contributed by atoms with Crippen LogP contribution in [0.2, 0.25) is 0 Å². The molecule has 0 radical (unpaired) electrons. The summed E-state index contributed by atoms with van der Waals surface area (Å²) in [6.45, 7) is 4.20. The van der Waals surface area contributed by atoms with Crippen molar-refractivity contribution in [2.45, 2.75) is 76.0 Å². The number of methoxy groups -OCH3 is 1. The third-order valence-electron chi connectivity index (χ3n) is 7.39. The molecule has 4 fully saturated rings. The van der Waals surface area contributed by atoms with Crippen LogP contribution in [0, 0.1) is 11.2 Å². The van der Waals surface area contributed by atoms with Gasteiger partial charge in [0.2, 0.25) is 5.91 Å². The van der Waals surface area contributed by atoms with E-state index in [2.05, 4.69) is 16.9 Å². The zero-order valence-corrected chi connectivity index (χ0v) is 17.2. The molecule has 1 amide bonds. The molecule has 3 unspecified atom stereocenters. The van der Waals surface area contributed by atoms with Crippen molar-refractivity contribution < 1.29 is 19.0 Å². The first-order valence-corrected chi connectivity index (χ1v) is 10.4. The molecule has 4 bridgehead atoms. The van der Waals surface area contributed by atoms with Gasteiger partial charge in [-0.05, 0) is 49.0 Å². The lowest BCUT2D eigenvalue weighted by Gasteiger charge is -2.63. The van der Waals surface area contributed by atoms with Crippen molar-refractivity contribution in [2.75, 3.05) is 7.11 Å². The molecule has 0 spiro atoms. The van der Waals surface area contributed by atoms with Crippen molar-refractivity contribution in [1.29, 1.82) is 0 Å². The predicted octanol–water partition coefficient (Wildman–Crippen LogP) is 3.50. The standard InChI is InChI=1S/C22H28FN3O3/c1-12(15-9-24-20-18(15)19(23)16(29-3)10-25-20)4-17(27)26-13-5-21(2)6-14(26)8-22(28,7-13)11-21/h9-10,12-14,28H,4-8,11H2,1-3H3,(H,24,25). The van der Waals surface area contributed by atoms with Gasteiger partial charge in [0.1, 0.15) is 5.65 Å². The fourth-order valence-corrected chi connectivity index (χ4v) is 6.58. The van der Waals surface area contributed by atoms with Gasteiger partial charge in [-0.2, -0.15) is 0 Å². The number of halogens is 1. The van der Waals surface area contributed by atoms with Crippen molar-refractivity contribution in [2.24, 2.45) is 5.41 Å². The summed E-state index contributed by atoms with van der Waals surface area (Å²) >= 11 is 0. The maximum absolute atomic E-state index is 14.8. The van der Waals surface area contributed by atoms with Crippen molar-refractivity contribution in [1.82, 2.24) is 14.9 Å². The lowest BCUT2D eigenvalue weighted by atomic mass is 9.54. The van der Waals surface area contributed by atoms with Gasteiger partial charge in [-0.3, -0.25) is 4.79 Å². The highest BCUT2D eigenvalue weighted by Gasteiger charge is 2.59. The predicted molar refractivity (Wildman–Crippen MR) is 106 cm³/mol. The first kappa shape index (κ1) is 18.9. The summed E-state index contributed by atoms with van der Waals surface area (Å²) in [6, 6.07) is 0.236. The first-order valence-electron chi connectivity index (χ1n) is 10.4. The number of hydrogen-bond donors (Lipinski definition) is 2. The fraction of sp³-hybridized carbons (Fsp3) is 0.636. The third kappa shape index (κ3) is 2.85. The number of H-pyrrole nitrogens is 1. The van der Waals surface area contributed by atoms with Gasteiger partial charge in [0.15, 0.2) is 11.6 Å². The maximum atomic E-state index is 14.8. The summed E-state index contributed by atoms with van der Waals surface area (Å²) < 4.78 is 19.9. The van der Waals surface area contributed by atoms with Crippen molar-refractivity contribution >= 4 is 16.9 Å². The Balaban J connectivity index is 1.39. The Hall–Kier alpha value is -2.15. The Morgan fingerprint density at radius 1 is 1.41 bits per heavy atom. The molecular weight excluding hydrogens is 373 g/mol. The molecule has 3 atom stereocenters. The highest BCUT2D eigenvalue weighted by molar-refractivity contribution is 5.84. The van der Waals surface area contributed by atoms with Crippen LogP contribution in [0.1, 0.15) is 63.9 Å². The second-order valence-electron chi connectivity index (χ2n) is 9.85. The molecule has 2 N–H and O–H groups in total. The number of ether oxygens (including phenoxy) is 1. The number of nitrogens with one attached hydrogen (secondary N) is 1. The van der Waals surface area contributed by atoms with Crippen LogP contribution in [0.5, 0.6) is 5.75 Å². The topological polar surface area (TPSA) is 78.5 Å².